The molecule has 7 heteroatoms. The number of ether oxygens (including phenoxy) is 2. The van der Waals surface area contributed by atoms with Crippen LogP contribution in [0.3, 0.4) is 0 Å². The van der Waals surface area contributed by atoms with Gasteiger partial charge >= 0.3 is 12.1 Å². The first-order chi connectivity index (χ1) is 8.52. The van der Waals surface area contributed by atoms with Crippen LogP contribution in [-0.2, 0) is 14.3 Å². The molecule has 1 aromatic rings. The Balaban J connectivity index is 2.32. The molecule has 1 saturated heterocycles. The maximum Gasteiger partial charge on any atom is 0.408 e. The third-order valence-corrected chi connectivity index (χ3v) is 2.55. The van der Waals surface area contributed by atoms with Gasteiger partial charge in [-0.25, -0.2) is 18.4 Å². The van der Waals surface area contributed by atoms with E-state index in [4.69, 9.17) is 4.74 Å². The number of nitrogens with one attached hydrogen (secondary N) is 1. The van der Waals surface area contributed by atoms with E-state index in [1.54, 1.807) is 0 Å². The summed E-state index contributed by atoms with van der Waals surface area (Å²) in [5.41, 5.74) is 0.218. The minimum atomic E-state index is -1.22. The second-order valence-corrected chi connectivity index (χ2v) is 3.64. The maximum absolute atomic E-state index is 13.1. The highest BCUT2D eigenvalue weighted by Gasteiger charge is 2.41. The van der Waals surface area contributed by atoms with Gasteiger partial charge < -0.3 is 14.8 Å². The summed E-state index contributed by atoms with van der Waals surface area (Å²) in [6.45, 7) is 0. The number of carbonyl (C=O) groups excluding carboxylic acids is 2. The number of esters is 1. The van der Waals surface area contributed by atoms with Gasteiger partial charge in [-0.05, 0) is 17.7 Å². The van der Waals surface area contributed by atoms with Crippen LogP contribution in [0.2, 0.25) is 0 Å². The topological polar surface area (TPSA) is 64.6 Å². The van der Waals surface area contributed by atoms with Crippen LogP contribution in [-0.4, -0.2) is 25.3 Å². The molecule has 0 aromatic heterocycles. The number of benzene rings is 1. The van der Waals surface area contributed by atoms with Crippen molar-refractivity contribution in [3.63, 3.8) is 0 Å². The van der Waals surface area contributed by atoms with Crippen LogP contribution in [0.15, 0.2) is 18.2 Å². The molecule has 0 aliphatic carbocycles. The van der Waals surface area contributed by atoms with Gasteiger partial charge in [0.1, 0.15) is 6.04 Å². The Morgan fingerprint density at radius 1 is 1.39 bits per heavy atom. The molecule has 1 N–H and O–H groups in total. The molecule has 0 bridgehead atoms. The lowest BCUT2D eigenvalue weighted by atomic mass is 10.0. The molecule has 18 heavy (non-hydrogen) atoms. The number of carbonyl (C=O) groups is 2. The van der Waals surface area contributed by atoms with Crippen molar-refractivity contribution < 1.29 is 27.8 Å². The Bertz CT molecular complexity index is 506. The van der Waals surface area contributed by atoms with E-state index in [1.165, 1.54) is 6.07 Å². The van der Waals surface area contributed by atoms with Gasteiger partial charge in [0.15, 0.2) is 11.6 Å². The zero-order valence-corrected chi connectivity index (χ0v) is 9.28. The first-order valence-electron chi connectivity index (χ1n) is 5.03. The predicted octanol–water partition coefficient (Wildman–Crippen LogP) is 1.29. The molecular formula is C11H9F2NO4. The Labute approximate surface area is 101 Å². The van der Waals surface area contributed by atoms with Crippen molar-refractivity contribution in [2.45, 2.75) is 12.1 Å². The number of hydrogen-bond donors (Lipinski definition) is 1. The third-order valence-electron chi connectivity index (χ3n) is 2.55. The van der Waals surface area contributed by atoms with Gasteiger partial charge in [0.2, 0.25) is 6.10 Å². The number of amides is 1. The minimum absolute atomic E-state index is 0.218. The van der Waals surface area contributed by atoms with Gasteiger partial charge in [-0.2, -0.15) is 0 Å². The molecular weight excluding hydrogens is 248 g/mol. The average Bonchev–Trinajstić information content (AvgIpc) is 2.74. The van der Waals surface area contributed by atoms with Crippen molar-refractivity contribution >= 4 is 12.1 Å². The van der Waals surface area contributed by atoms with Crippen LogP contribution in [0.1, 0.15) is 11.6 Å². The molecule has 1 aliphatic rings. The molecule has 1 aromatic carbocycles. The molecule has 2 atom stereocenters. The highest BCUT2D eigenvalue weighted by atomic mass is 19.2. The molecule has 0 spiro atoms. The molecule has 2 rings (SSSR count). The van der Waals surface area contributed by atoms with Crippen LogP contribution in [0, 0.1) is 11.6 Å². The number of methoxy groups -OCH3 is 1. The van der Waals surface area contributed by atoms with E-state index in [0.717, 1.165) is 19.2 Å². The summed E-state index contributed by atoms with van der Waals surface area (Å²) in [6.07, 6.45) is -2.03. The Morgan fingerprint density at radius 3 is 2.72 bits per heavy atom. The van der Waals surface area contributed by atoms with Gasteiger partial charge in [0.05, 0.1) is 7.11 Å². The quantitative estimate of drug-likeness (QED) is 0.811. The summed E-state index contributed by atoms with van der Waals surface area (Å²) < 4.78 is 35.1. The molecule has 1 amide bonds. The number of cyclic esters (lactones) is 1. The number of alkyl carbamates (subject to hydrolysis) is 1. The van der Waals surface area contributed by atoms with Gasteiger partial charge in [-0.3, -0.25) is 0 Å². The minimum Gasteiger partial charge on any atom is -0.466 e. The highest BCUT2D eigenvalue weighted by Crippen LogP contribution is 2.26. The van der Waals surface area contributed by atoms with E-state index in [9.17, 15) is 18.4 Å². The average molecular weight is 257 g/mol. The first-order valence-corrected chi connectivity index (χ1v) is 5.03. The summed E-state index contributed by atoms with van der Waals surface area (Å²) in [7, 11) is 1.14. The van der Waals surface area contributed by atoms with Crippen molar-refractivity contribution in [3.05, 3.63) is 35.4 Å². The first kappa shape index (κ1) is 12.3. The largest absolute Gasteiger partial charge is 0.466 e. The molecule has 0 unspecified atom stereocenters. The van der Waals surface area contributed by atoms with Crippen molar-refractivity contribution in [2.75, 3.05) is 7.11 Å². The molecule has 1 aliphatic heterocycles. The van der Waals surface area contributed by atoms with Crippen molar-refractivity contribution in [1.82, 2.24) is 5.32 Å². The van der Waals surface area contributed by atoms with Crippen molar-refractivity contribution in [2.24, 2.45) is 0 Å². The maximum atomic E-state index is 13.1. The summed E-state index contributed by atoms with van der Waals surface area (Å²) in [6, 6.07) is 2.16. The van der Waals surface area contributed by atoms with Gasteiger partial charge in [-0.1, -0.05) is 6.07 Å². The summed E-state index contributed by atoms with van der Waals surface area (Å²) in [5, 5.41) is 2.33. The van der Waals surface area contributed by atoms with Crippen LogP contribution < -0.4 is 5.32 Å². The van der Waals surface area contributed by atoms with E-state index in [-0.39, 0.29) is 5.56 Å². The number of halogens is 2. The van der Waals surface area contributed by atoms with E-state index in [0.29, 0.717) is 0 Å². The second-order valence-electron chi connectivity index (χ2n) is 3.64. The third kappa shape index (κ3) is 2.11. The lowest BCUT2D eigenvalue weighted by Gasteiger charge is -2.15. The molecule has 96 valence electrons. The van der Waals surface area contributed by atoms with Crippen LogP contribution in [0.4, 0.5) is 13.6 Å². The fourth-order valence-corrected chi connectivity index (χ4v) is 1.68. The predicted molar refractivity (Wildman–Crippen MR) is 54.5 cm³/mol. The van der Waals surface area contributed by atoms with Gasteiger partial charge in [0.25, 0.3) is 0 Å². The van der Waals surface area contributed by atoms with E-state index in [1.807, 2.05) is 0 Å². The lowest BCUT2D eigenvalue weighted by molar-refractivity contribution is -0.149. The highest BCUT2D eigenvalue weighted by molar-refractivity contribution is 5.83. The molecule has 5 nitrogen and oxygen atoms in total. The Hall–Kier alpha value is -2.18. The zero-order chi connectivity index (χ0) is 13.3. The van der Waals surface area contributed by atoms with E-state index >= 15 is 0 Å². The van der Waals surface area contributed by atoms with E-state index < -0.39 is 35.8 Å². The summed E-state index contributed by atoms with van der Waals surface area (Å²) >= 11 is 0. The van der Waals surface area contributed by atoms with Crippen LogP contribution >= 0.6 is 0 Å². The van der Waals surface area contributed by atoms with E-state index in [2.05, 4.69) is 10.1 Å². The Morgan fingerprint density at radius 2 is 2.11 bits per heavy atom. The number of hydrogen-bond acceptors (Lipinski definition) is 4. The summed E-state index contributed by atoms with van der Waals surface area (Å²) in [5.74, 6) is -2.86. The van der Waals surface area contributed by atoms with Gasteiger partial charge in [0, 0.05) is 0 Å². The Kier molecular flexibility index (Phi) is 3.14. The van der Waals surface area contributed by atoms with Gasteiger partial charge in [-0.15, -0.1) is 0 Å². The monoisotopic (exact) mass is 257 g/mol. The van der Waals surface area contributed by atoms with Crippen LogP contribution in [0.25, 0.3) is 0 Å². The van der Waals surface area contributed by atoms with Crippen molar-refractivity contribution in [1.29, 1.82) is 0 Å². The SMILES string of the molecule is COC(=O)[C@@H]1OC(=O)N[C@H]1c1ccc(F)c(F)c1. The molecule has 0 radical (unpaired) electrons. The summed E-state index contributed by atoms with van der Waals surface area (Å²) in [4.78, 5) is 22.5. The standard InChI is InChI=1S/C11H9F2NO4/c1-17-10(15)9-8(14-11(16)18-9)5-2-3-6(12)7(13)4-5/h2-4,8-9H,1H3,(H,14,16)/t8-,9+/m0/s1. The second kappa shape index (κ2) is 4.59. The fourth-order valence-electron chi connectivity index (χ4n) is 1.68. The smallest absolute Gasteiger partial charge is 0.408 e. The van der Waals surface area contributed by atoms with Crippen LogP contribution in [0.5, 0.6) is 0 Å². The zero-order valence-electron chi connectivity index (χ0n) is 9.28. The number of rotatable bonds is 2. The molecule has 1 heterocycles. The molecule has 1 fully saturated rings. The fraction of sp³-hybridized carbons (Fsp3) is 0.273. The normalized spacial score (nSPS) is 22.3. The van der Waals surface area contributed by atoms with Crippen molar-refractivity contribution in [3.8, 4) is 0 Å². The lowest BCUT2D eigenvalue weighted by Crippen LogP contribution is -2.30. The molecule has 0 saturated carbocycles.